The number of hydrogen-bond donors (Lipinski definition) is 1. The van der Waals surface area contributed by atoms with E-state index in [-0.39, 0.29) is 19.5 Å². The van der Waals surface area contributed by atoms with Crippen LogP contribution in [0.4, 0.5) is 0 Å². The Kier molecular flexibility index (Phi) is 9.37. The zero-order valence-electron chi connectivity index (χ0n) is 9.03. The first-order valence-electron chi connectivity index (χ1n) is 4.83. The minimum atomic E-state index is 0. The molecule has 1 N–H and O–H groups in total. The van der Waals surface area contributed by atoms with Crippen LogP contribution in [0.2, 0.25) is 0 Å². The number of nitrogens with one attached hydrogen (secondary N) is 1. The van der Waals surface area contributed by atoms with E-state index in [4.69, 9.17) is 12.2 Å². The van der Waals surface area contributed by atoms with Crippen molar-refractivity contribution in [3.63, 3.8) is 0 Å². The van der Waals surface area contributed by atoms with E-state index in [1.807, 2.05) is 18.2 Å². The van der Waals surface area contributed by atoms with E-state index in [0.29, 0.717) is 0 Å². The van der Waals surface area contributed by atoms with Gasteiger partial charge in [-0.2, -0.15) is 0 Å². The number of thioether (sulfide) groups is 1. The smallest absolute Gasteiger partial charge is 0.138 e. The first kappa shape index (κ1) is 15.1. The minimum absolute atomic E-state index is 0. The topological polar surface area (TPSA) is 12.0 Å². The second-order valence-corrected chi connectivity index (χ2v) is 4.73. The fourth-order valence-corrected chi connectivity index (χ4v) is 2.07. The Morgan fingerprint density at radius 2 is 2.00 bits per heavy atom. The van der Waals surface area contributed by atoms with Crippen molar-refractivity contribution in [1.29, 1.82) is 0 Å². The van der Waals surface area contributed by atoms with Crippen LogP contribution in [0.5, 0.6) is 0 Å². The number of benzene rings is 1. The van der Waals surface area contributed by atoms with Gasteiger partial charge in [0.15, 0.2) is 0 Å². The molecule has 15 heavy (non-hydrogen) atoms. The molecule has 0 amide bonds. The quantitative estimate of drug-likeness (QED) is 0.395. The third-order valence-corrected chi connectivity index (χ3v) is 2.99. The van der Waals surface area contributed by atoms with Crippen LogP contribution in [-0.2, 0) is 19.5 Å². The van der Waals surface area contributed by atoms with E-state index in [2.05, 4.69) is 24.4 Å². The van der Waals surface area contributed by atoms with E-state index in [9.17, 15) is 0 Å². The van der Waals surface area contributed by atoms with Crippen LogP contribution in [0.25, 0.3) is 0 Å². The average Bonchev–Trinajstić information content (AvgIpc) is 2.20. The molecule has 0 aliphatic carbocycles. The summed E-state index contributed by atoms with van der Waals surface area (Å²) in [5.74, 6) is 0. The van der Waals surface area contributed by atoms with Crippen molar-refractivity contribution >= 4 is 28.3 Å². The molecule has 0 unspecified atom stereocenters. The molecule has 1 rings (SSSR count). The van der Waals surface area contributed by atoms with Crippen molar-refractivity contribution in [2.45, 2.75) is 24.7 Å². The molecule has 1 aromatic rings. The largest absolute Gasteiger partial charge is 0.371 e. The van der Waals surface area contributed by atoms with Crippen LogP contribution in [0.15, 0.2) is 35.2 Å². The molecule has 0 saturated heterocycles. The zero-order chi connectivity index (χ0) is 10.2. The Morgan fingerprint density at radius 3 is 2.60 bits per heavy atom. The predicted molar refractivity (Wildman–Crippen MR) is 67.8 cm³/mol. The number of hydrogen-bond acceptors (Lipinski definition) is 2. The summed E-state index contributed by atoms with van der Waals surface area (Å²) < 4.78 is 0.865. The number of unbranched alkanes of at least 4 members (excludes halogenated alkanes) is 1. The molecule has 0 radical (unpaired) electrons. The average molecular weight is 291 g/mol. The monoisotopic (exact) mass is 289 g/mol. The van der Waals surface area contributed by atoms with Crippen LogP contribution in [0.3, 0.4) is 0 Å². The fourth-order valence-electron chi connectivity index (χ4n) is 0.999. The van der Waals surface area contributed by atoms with Gasteiger partial charge in [0.05, 0.1) is 0 Å². The summed E-state index contributed by atoms with van der Waals surface area (Å²) in [6.45, 7) is 3.16. The van der Waals surface area contributed by atoms with Gasteiger partial charge in [-0.25, -0.2) is 0 Å². The summed E-state index contributed by atoms with van der Waals surface area (Å²) in [6.07, 6.45) is 2.38. The third kappa shape index (κ3) is 7.05. The second kappa shape index (κ2) is 9.32. The molecule has 1 nitrogen and oxygen atoms in total. The van der Waals surface area contributed by atoms with E-state index >= 15 is 0 Å². The van der Waals surface area contributed by atoms with Gasteiger partial charge in [-0.1, -0.05) is 55.5 Å². The van der Waals surface area contributed by atoms with Crippen LogP contribution >= 0.6 is 24.0 Å². The Bertz CT molecular complexity index is 277. The Labute approximate surface area is 114 Å². The summed E-state index contributed by atoms with van der Waals surface area (Å²) in [4.78, 5) is 1.20. The second-order valence-electron chi connectivity index (χ2n) is 2.98. The van der Waals surface area contributed by atoms with Gasteiger partial charge in [0, 0.05) is 30.9 Å². The van der Waals surface area contributed by atoms with Gasteiger partial charge in [-0.05, 0) is 18.6 Å². The van der Waals surface area contributed by atoms with Crippen LogP contribution in [-0.4, -0.2) is 10.9 Å². The molecule has 0 spiro atoms. The van der Waals surface area contributed by atoms with Gasteiger partial charge in [0.1, 0.15) is 4.32 Å². The summed E-state index contributed by atoms with van der Waals surface area (Å²) in [7, 11) is 0. The van der Waals surface area contributed by atoms with Crippen molar-refractivity contribution in [3.05, 3.63) is 30.3 Å². The molecule has 0 heterocycles. The molecule has 0 saturated carbocycles. The molecule has 4 heteroatoms. The Balaban J connectivity index is 0.00000196. The SMILES string of the molecule is CCCCNC(=S)Sc1ccccc1.[Zn]. The van der Waals surface area contributed by atoms with Crippen molar-refractivity contribution in [2.24, 2.45) is 0 Å². The van der Waals surface area contributed by atoms with Gasteiger partial charge in [0.25, 0.3) is 0 Å². The molecular formula is C11H15NS2Zn. The normalized spacial score (nSPS) is 9.13. The maximum atomic E-state index is 5.20. The van der Waals surface area contributed by atoms with Crippen molar-refractivity contribution < 1.29 is 19.5 Å². The standard InChI is InChI=1S/C11H15NS2.Zn/c1-2-3-9-12-11(13)14-10-7-5-4-6-8-10;/h4-8H,2-3,9H2,1H3,(H,12,13);. The van der Waals surface area contributed by atoms with E-state index in [1.54, 1.807) is 11.8 Å². The Morgan fingerprint density at radius 1 is 1.33 bits per heavy atom. The maximum absolute atomic E-state index is 5.20. The first-order valence-corrected chi connectivity index (χ1v) is 6.06. The van der Waals surface area contributed by atoms with Crippen LogP contribution in [0.1, 0.15) is 19.8 Å². The molecule has 1 aromatic carbocycles. The van der Waals surface area contributed by atoms with Crippen molar-refractivity contribution in [3.8, 4) is 0 Å². The molecule has 0 aliphatic rings. The third-order valence-electron chi connectivity index (χ3n) is 1.75. The van der Waals surface area contributed by atoms with E-state index < -0.39 is 0 Å². The first-order chi connectivity index (χ1) is 6.83. The van der Waals surface area contributed by atoms with E-state index in [1.165, 1.54) is 17.7 Å². The van der Waals surface area contributed by atoms with Crippen LogP contribution < -0.4 is 5.32 Å². The fraction of sp³-hybridized carbons (Fsp3) is 0.364. The number of thiocarbonyl (C=S) groups is 1. The van der Waals surface area contributed by atoms with Crippen LogP contribution in [0, 0.1) is 0 Å². The molecule has 78 valence electrons. The summed E-state index contributed by atoms with van der Waals surface area (Å²) in [6, 6.07) is 10.2. The van der Waals surface area contributed by atoms with Gasteiger partial charge in [-0.15, -0.1) is 0 Å². The van der Waals surface area contributed by atoms with Crippen molar-refractivity contribution in [2.75, 3.05) is 6.54 Å². The summed E-state index contributed by atoms with van der Waals surface area (Å²) in [5, 5.41) is 3.23. The van der Waals surface area contributed by atoms with Gasteiger partial charge >= 0.3 is 0 Å². The Hall–Kier alpha value is 0.0834. The molecule has 0 atom stereocenters. The summed E-state index contributed by atoms with van der Waals surface area (Å²) in [5.41, 5.74) is 0. The molecule has 0 fully saturated rings. The molecule has 0 aromatic heterocycles. The summed E-state index contributed by atoms with van der Waals surface area (Å²) >= 11 is 6.82. The number of rotatable bonds is 4. The zero-order valence-corrected chi connectivity index (χ0v) is 13.6. The van der Waals surface area contributed by atoms with Gasteiger partial charge in [-0.3, -0.25) is 0 Å². The predicted octanol–water partition coefficient (Wildman–Crippen LogP) is 3.45. The molecular weight excluding hydrogens is 276 g/mol. The van der Waals surface area contributed by atoms with E-state index in [0.717, 1.165) is 10.9 Å². The maximum Gasteiger partial charge on any atom is 0.138 e. The van der Waals surface area contributed by atoms with Gasteiger partial charge in [0.2, 0.25) is 0 Å². The van der Waals surface area contributed by atoms with Crippen molar-refractivity contribution in [1.82, 2.24) is 5.32 Å². The molecule has 0 aliphatic heterocycles. The molecule has 0 bridgehead atoms. The van der Waals surface area contributed by atoms with Gasteiger partial charge < -0.3 is 5.32 Å². The minimum Gasteiger partial charge on any atom is -0.371 e.